The standard InChI is InChI=1S/C6H14O4.C4H10O.C4H6O/c7-1-3-9-5-6-10-4-2-8;2*1-3-5-4-2/h7-8H,1-6H2;3-4H2,1-2H3;3-4H,1-2H2. The zero-order chi connectivity index (χ0) is 15.9. The molecule has 20 heavy (non-hydrogen) atoms. The van der Waals surface area contributed by atoms with Crippen LogP contribution in [0.15, 0.2) is 25.7 Å². The summed E-state index contributed by atoms with van der Waals surface area (Å²) < 4.78 is 18.9. The van der Waals surface area contributed by atoms with Gasteiger partial charge in [0.25, 0.3) is 0 Å². The highest BCUT2D eigenvalue weighted by molar-refractivity contribution is 4.57. The minimum atomic E-state index is 0.0417. The molecule has 0 heterocycles. The van der Waals surface area contributed by atoms with Crippen molar-refractivity contribution in [1.29, 1.82) is 0 Å². The van der Waals surface area contributed by atoms with Crippen molar-refractivity contribution in [2.45, 2.75) is 13.8 Å². The van der Waals surface area contributed by atoms with Gasteiger partial charge in [-0.2, -0.15) is 0 Å². The largest absolute Gasteiger partial charge is 0.474 e. The van der Waals surface area contributed by atoms with Gasteiger partial charge in [0.2, 0.25) is 0 Å². The summed E-state index contributed by atoms with van der Waals surface area (Å²) in [5.74, 6) is 0. The first-order valence-electron chi connectivity index (χ1n) is 6.57. The fraction of sp³-hybridized carbons (Fsp3) is 0.714. The Hall–Kier alpha value is -0.920. The Morgan fingerprint density at radius 1 is 0.750 bits per heavy atom. The molecule has 0 aliphatic rings. The van der Waals surface area contributed by atoms with Gasteiger partial charge in [-0.1, -0.05) is 13.2 Å². The summed E-state index contributed by atoms with van der Waals surface area (Å²) in [6.07, 6.45) is 2.62. The molecule has 0 fully saturated rings. The molecule has 0 aliphatic carbocycles. The lowest BCUT2D eigenvalue weighted by molar-refractivity contribution is 0.0222. The fourth-order valence-electron chi connectivity index (χ4n) is 0.723. The molecule has 0 saturated carbocycles. The Balaban J connectivity index is -0.000000244. The minimum Gasteiger partial charge on any atom is -0.474 e. The molecule has 2 N–H and O–H groups in total. The normalized spacial score (nSPS) is 8.60. The summed E-state index contributed by atoms with van der Waals surface area (Å²) in [4.78, 5) is 0. The average Bonchev–Trinajstić information content (AvgIpc) is 2.46. The van der Waals surface area contributed by atoms with Gasteiger partial charge >= 0.3 is 0 Å². The van der Waals surface area contributed by atoms with Crippen LogP contribution in [-0.2, 0) is 18.9 Å². The first kappa shape index (κ1) is 24.1. The van der Waals surface area contributed by atoms with Gasteiger partial charge in [-0.25, -0.2) is 0 Å². The summed E-state index contributed by atoms with van der Waals surface area (Å²) in [6.45, 7) is 13.9. The van der Waals surface area contributed by atoms with Crippen LogP contribution in [0.2, 0.25) is 0 Å². The van der Waals surface area contributed by atoms with Crippen molar-refractivity contribution in [3.63, 3.8) is 0 Å². The van der Waals surface area contributed by atoms with E-state index in [4.69, 9.17) is 24.4 Å². The van der Waals surface area contributed by atoms with E-state index in [9.17, 15) is 0 Å². The zero-order valence-corrected chi connectivity index (χ0v) is 12.8. The number of hydrogen-bond donors (Lipinski definition) is 2. The Morgan fingerprint density at radius 2 is 1.15 bits per heavy atom. The van der Waals surface area contributed by atoms with Crippen molar-refractivity contribution in [3.8, 4) is 0 Å². The summed E-state index contributed by atoms with van der Waals surface area (Å²) in [6, 6.07) is 0. The van der Waals surface area contributed by atoms with Gasteiger partial charge in [-0.05, 0) is 13.8 Å². The summed E-state index contributed by atoms with van der Waals surface area (Å²) in [7, 11) is 0. The molecule has 6 nitrogen and oxygen atoms in total. The van der Waals surface area contributed by atoms with Crippen LogP contribution in [0.1, 0.15) is 13.8 Å². The molecular formula is C14H30O6. The number of aliphatic hydroxyl groups excluding tert-OH is 2. The van der Waals surface area contributed by atoms with Gasteiger partial charge in [0.1, 0.15) is 0 Å². The first-order chi connectivity index (χ1) is 9.74. The summed E-state index contributed by atoms with van der Waals surface area (Å²) in [5, 5.41) is 16.5. The van der Waals surface area contributed by atoms with E-state index in [2.05, 4.69) is 17.9 Å². The molecule has 0 aromatic carbocycles. The maximum atomic E-state index is 8.26. The molecule has 0 atom stereocenters. The highest BCUT2D eigenvalue weighted by Gasteiger charge is 1.86. The van der Waals surface area contributed by atoms with Gasteiger partial charge in [-0.3, -0.25) is 0 Å². The molecular weight excluding hydrogens is 264 g/mol. The van der Waals surface area contributed by atoms with Crippen molar-refractivity contribution < 1.29 is 29.2 Å². The van der Waals surface area contributed by atoms with Crippen molar-refractivity contribution in [2.24, 2.45) is 0 Å². The summed E-state index contributed by atoms with van der Waals surface area (Å²) >= 11 is 0. The molecule has 0 spiro atoms. The summed E-state index contributed by atoms with van der Waals surface area (Å²) in [5.41, 5.74) is 0. The van der Waals surface area contributed by atoms with Crippen molar-refractivity contribution in [1.82, 2.24) is 0 Å². The molecule has 0 saturated heterocycles. The van der Waals surface area contributed by atoms with Crippen molar-refractivity contribution in [3.05, 3.63) is 25.7 Å². The van der Waals surface area contributed by atoms with Crippen LogP contribution < -0.4 is 0 Å². The minimum absolute atomic E-state index is 0.0417. The second-order valence-electron chi connectivity index (χ2n) is 2.92. The molecule has 0 aliphatic heterocycles. The molecule has 122 valence electrons. The molecule has 0 amide bonds. The third kappa shape index (κ3) is 43.5. The second-order valence-corrected chi connectivity index (χ2v) is 2.92. The molecule has 0 aromatic rings. The highest BCUT2D eigenvalue weighted by Crippen LogP contribution is 1.76. The van der Waals surface area contributed by atoms with Crippen LogP contribution in [0, 0.1) is 0 Å². The maximum Gasteiger partial charge on any atom is 0.0829 e. The van der Waals surface area contributed by atoms with E-state index in [1.807, 2.05) is 13.8 Å². The fourth-order valence-corrected chi connectivity index (χ4v) is 0.723. The van der Waals surface area contributed by atoms with Crippen molar-refractivity contribution >= 4 is 0 Å². The Labute approximate surface area is 122 Å². The quantitative estimate of drug-likeness (QED) is 0.442. The molecule has 0 radical (unpaired) electrons. The first-order valence-corrected chi connectivity index (χ1v) is 6.57. The number of hydrogen-bond acceptors (Lipinski definition) is 6. The van der Waals surface area contributed by atoms with Gasteiger partial charge in [-0.15, -0.1) is 0 Å². The lowest BCUT2D eigenvalue weighted by atomic mass is 10.7. The van der Waals surface area contributed by atoms with E-state index in [0.29, 0.717) is 26.4 Å². The smallest absolute Gasteiger partial charge is 0.0829 e. The zero-order valence-electron chi connectivity index (χ0n) is 12.8. The number of rotatable bonds is 11. The molecule has 6 heteroatoms. The van der Waals surface area contributed by atoms with E-state index in [-0.39, 0.29) is 13.2 Å². The second kappa shape index (κ2) is 30.8. The van der Waals surface area contributed by atoms with Crippen LogP contribution in [0.4, 0.5) is 0 Å². The third-order valence-electron chi connectivity index (χ3n) is 1.44. The topological polar surface area (TPSA) is 77.4 Å². The van der Waals surface area contributed by atoms with Crippen LogP contribution in [0.5, 0.6) is 0 Å². The Morgan fingerprint density at radius 3 is 1.30 bits per heavy atom. The van der Waals surface area contributed by atoms with Gasteiger partial charge in [0, 0.05) is 13.2 Å². The lowest BCUT2D eigenvalue weighted by Gasteiger charge is -2.01. The van der Waals surface area contributed by atoms with E-state index >= 15 is 0 Å². The third-order valence-corrected chi connectivity index (χ3v) is 1.44. The Bertz CT molecular complexity index is 148. The average molecular weight is 294 g/mol. The molecule has 0 aromatic heterocycles. The SMILES string of the molecule is C=COC=C.CCOCC.OCCOCCOCCO. The van der Waals surface area contributed by atoms with E-state index in [0.717, 1.165) is 13.2 Å². The molecule has 0 bridgehead atoms. The van der Waals surface area contributed by atoms with E-state index in [1.165, 1.54) is 12.5 Å². The van der Waals surface area contributed by atoms with Crippen LogP contribution in [0.25, 0.3) is 0 Å². The van der Waals surface area contributed by atoms with Crippen molar-refractivity contribution in [2.75, 3.05) is 52.9 Å². The maximum absolute atomic E-state index is 8.26. The van der Waals surface area contributed by atoms with Crippen LogP contribution >= 0.6 is 0 Å². The predicted molar refractivity (Wildman–Crippen MR) is 79.5 cm³/mol. The van der Waals surface area contributed by atoms with Crippen LogP contribution in [0.3, 0.4) is 0 Å². The molecule has 0 rings (SSSR count). The predicted octanol–water partition coefficient (Wildman–Crippen LogP) is 1.34. The van der Waals surface area contributed by atoms with Gasteiger partial charge in [0.05, 0.1) is 52.2 Å². The number of ether oxygens (including phenoxy) is 4. The van der Waals surface area contributed by atoms with E-state index in [1.54, 1.807) is 0 Å². The molecule has 0 unspecified atom stereocenters. The highest BCUT2D eigenvalue weighted by atomic mass is 16.5. The number of aliphatic hydroxyl groups is 2. The van der Waals surface area contributed by atoms with Gasteiger partial charge < -0.3 is 29.2 Å². The lowest BCUT2D eigenvalue weighted by Crippen LogP contribution is -2.09. The van der Waals surface area contributed by atoms with E-state index < -0.39 is 0 Å². The van der Waals surface area contributed by atoms with Crippen LogP contribution in [-0.4, -0.2) is 63.1 Å². The Kier molecular flexibility index (Phi) is 37.2. The monoisotopic (exact) mass is 294 g/mol. The van der Waals surface area contributed by atoms with Gasteiger partial charge in [0.15, 0.2) is 0 Å².